The van der Waals surface area contributed by atoms with E-state index in [-0.39, 0.29) is 35.9 Å². The Morgan fingerprint density at radius 3 is 2.61 bits per heavy atom. The van der Waals surface area contributed by atoms with Crippen molar-refractivity contribution in [3.05, 3.63) is 75.1 Å². The molecular weight excluding hydrogens is 437 g/mol. The average Bonchev–Trinajstić information content (AvgIpc) is 3.19. The number of carbonyl (C=O) groups is 1. The maximum atomic E-state index is 12.9. The molecule has 0 bridgehead atoms. The first-order valence-corrected chi connectivity index (χ1v) is 10.1. The molecule has 0 radical (unpaired) electrons. The predicted molar refractivity (Wildman–Crippen MR) is 112 cm³/mol. The minimum Gasteiger partial charge on any atom is -0.463 e. The summed E-state index contributed by atoms with van der Waals surface area (Å²) >= 11 is 0. The zero-order chi connectivity index (χ0) is 24.5. The fourth-order valence-electron chi connectivity index (χ4n) is 3.87. The summed E-state index contributed by atoms with van der Waals surface area (Å²) in [6, 6.07) is 6.58. The molecule has 0 amide bonds. The molecule has 2 aromatic rings. The van der Waals surface area contributed by atoms with Crippen LogP contribution in [-0.4, -0.2) is 22.4 Å². The Bertz CT molecular complexity index is 1200. The van der Waals surface area contributed by atoms with Gasteiger partial charge in [-0.05, 0) is 50.5 Å². The number of rotatable bonds is 5. The van der Waals surface area contributed by atoms with Gasteiger partial charge in [0.15, 0.2) is 5.69 Å². The minimum atomic E-state index is -4.54. The third-order valence-corrected chi connectivity index (χ3v) is 5.38. The van der Waals surface area contributed by atoms with Gasteiger partial charge in [-0.1, -0.05) is 17.7 Å². The van der Waals surface area contributed by atoms with Crippen LogP contribution in [0.2, 0.25) is 0 Å². The van der Waals surface area contributed by atoms with Crippen LogP contribution in [0.15, 0.2) is 47.2 Å². The van der Waals surface area contributed by atoms with Gasteiger partial charge in [-0.25, -0.2) is 4.79 Å². The van der Waals surface area contributed by atoms with Crippen molar-refractivity contribution < 1.29 is 27.4 Å². The van der Waals surface area contributed by atoms with E-state index >= 15 is 0 Å². The summed E-state index contributed by atoms with van der Waals surface area (Å²) in [6.07, 6.45) is -3.29. The molecule has 2 heterocycles. The van der Waals surface area contributed by atoms with Crippen LogP contribution in [0.4, 0.5) is 13.2 Å². The summed E-state index contributed by atoms with van der Waals surface area (Å²) in [5, 5.41) is 13.4. The molecular formula is C23H23F3N4O3. The van der Waals surface area contributed by atoms with Gasteiger partial charge < -0.3 is 15.2 Å². The SMILES string of the molecule is CCOC(=O)C1=C(C)OC(N)=C(C#N)[C@H]1c1cc(C)cc(Cn2ccc(C(F)(F)F)n2)c1C. The van der Waals surface area contributed by atoms with Crippen LogP contribution in [0.3, 0.4) is 0 Å². The third-order valence-electron chi connectivity index (χ3n) is 5.38. The lowest BCUT2D eigenvalue weighted by molar-refractivity contribution is -0.141. The van der Waals surface area contributed by atoms with Crippen LogP contribution in [0.1, 0.15) is 47.7 Å². The highest BCUT2D eigenvalue weighted by Gasteiger charge is 2.37. The first-order valence-electron chi connectivity index (χ1n) is 10.1. The van der Waals surface area contributed by atoms with Crippen molar-refractivity contribution in [2.45, 2.75) is 46.3 Å². The number of aryl methyl sites for hydroxylation is 1. The molecule has 2 N–H and O–H groups in total. The maximum absolute atomic E-state index is 12.9. The quantitative estimate of drug-likeness (QED) is 0.671. The van der Waals surface area contributed by atoms with Gasteiger partial charge in [-0.15, -0.1) is 0 Å². The van der Waals surface area contributed by atoms with Gasteiger partial charge in [-0.2, -0.15) is 23.5 Å². The van der Waals surface area contributed by atoms with Crippen molar-refractivity contribution in [2.75, 3.05) is 6.61 Å². The third kappa shape index (κ3) is 4.72. The van der Waals surface area contributed by atoms with Gasteiger partial charge >= 0.3 is 12.1 Å². The van der Waals surface area contributed by atoms with Crippen LogP contribution in [0.25, 0.3) is 0 Å². The summed E-state index contributed by atoms with van der Waals surface area (Å²) in [7, 11) is 0. The molecule has 1 aromatic heterocycles. The van der Waals surface area contributed by atoms with Gasteiger partial charge in [0.05, 0.1) is 24.6 Å². The number of nitrogens with zero attached hydrogens (tertiary/aromatic N) is 3. The highest BCUT2D eigenvalue weighted by atomic mass is 19.4. The van der Waals surface area contributed by atoms with Crippen molar-refractivity contribution in [1.29, 1.82) is 5.26 Å². The molecule has 0 fully saturated rings. The molecule has 3 rings (SSSR count). The van der Waals surface area contributed by atoms with Crippen LogP contribution in [-0.2, 0) is 27.0 Å². The van der Waals surface area contributed by atoms with E-state index in [2.05, 4.69) is 5.10 Å². The predicted octanol–water partition coefficient (Wildman–Crippen LogP) is 4.21. The molecule has 0 aliphatic carbocycles. The lowest BCUT2D eigenvalue weighted by Crippen LogP contribution is -2.26. The number of allylic oxidation sites excluding steroid dienone is 2. The fourth-order valence-corrected chi connectivity index (χ4v) is 3.87. The number of hydrogen-bond donors (Lipinski definition) is 1. The zero-order valence-electron chi connectivity index (χ0n) is 18.6. The Kier molecular flexibility index (Phi) is 6.53. The molecule has 1 atom stereocenters. The Labute approximate surface area is 188 Å². The number of ether oxygens (including phenoxy) is 2. The maximum Gasteiger partial charge on any atom is 0.435 e. The summed E-state index contributed by atoms with van der Waals surface area (Å²) in [5.41, 5.74) is 7.96. The van der Waals surface area contributed by atoms with Crippen LogP contribution < -0.4 is 5.73 Å². The van der Waals surface area contributed by atoms with E-state index in [1.54, 1.807) is 20.8 Å². The summed E-state index contributed by atoms with van der Waals surface area (Å²) in [6.45, 7) is 7.01. The first-order chi connectivity index (χ1) is 15.5. The number of nitrogens with two attached hydrogens (primary N) is 1. The highest BCUT2D eigenvalue weighted by Crippen LogP contribution is 2.42. The van der Waals surface area contributed by atoms with Gasteiger partial charge in [0.25, 0.3) is 0 Å². The molecule has 174 valence electrons. The second-order valence-electron chi connectivity index (χ2n) is 7.65. The van der Waals surface area contributed by atoms with Crippen LogP contribution in [0.5, 0.6) is 0 Å². The summed E-state index contributed by atoms with van der Waals surface area (Å²) in [5.74, 6) is -1.37. The summed E-state index contributed by atoms with van der Waals surface area (Å²) in [4.78, 5) is 12.8. The number of hydrogen-bond acceptors (Lipinski definition) is 6. The van der Waals surface area contributed by atoms with E-state index in [0.29, 0.717) is 16.7 Å². The lowest BCUT2D eigenvalue weighted by atomic mass is 9.79. The Hall–Kier alpha value is -3.74. The molecule has 0 unspecified atom stereocenters. The number of carbonyl (C=O) groups excluding carboxylic acids is 1. The van der Waals surface area contributed by atoms with Crippen molar-refractivity contribution in [3.8, 4) is 6.07 Å². The van der Waals surface area contributed by atoms with E-state index in [1.165, 1.54) is 10.9 Å². The molecule has 33 heavy (non-hydrogen) atoms. The number of esters is 1. The Morgan fingerprint density at radius 1 is 1.33 bits per heavy atom. The van der Waals surface area contributed by atoms with Crippen molar-refractivity contribution in [1.82, 2.24) is 9.78 Å². The average molecular weight is 460 g/mol. The molecule has 0 saturated heterocycles. The van der Waals surface area contributed by atoms with Crippen molar-refractivity contribution >= 4 is 5.97 Å². The molecule has 0 spiro atoms. The normalized spacial score (nSPS) is 16.5. The van der Waals surface area contributed by atoms with E-state index in [4.69, 9.17) is 15.2 Å². The number of aromatic nitrogens is 2. The fraction of sp³-hybridized carbons (Fsp3) is 0.348. The minimum absolute atomic E-state index is 0.0572. The smallest absolute Gasteiger partial charge is 0.435 e. The van der Waals surface area contributed by atoms with E-state index in [0.717, 1.165) is 11.6 Å². The number of alkyl halides is 3. The Morgan fingerprint density at radius 2 is 2.03 bits per heavy atom. The molecule has 1 aliphatic heterocycles. The second kappa shape index (κ2) is 9.02. The van der Waals surface area contributed by atoms with Gasteiger partial charge in [-0.3, -0.25) is 4.68 Å². The molecule has 7 nitrogen and oxygen atoms in total. The van der Waals surface area contributed by atoms with Gasteiger partial charge in [0.2, 0.25) is 5.88 Å². The van der Waals surface area contributed by atoms with E-state index in [9.17, 15) is 23.2 Å². The topological polar surface area (TPSA) is 103 Å². The number of halogens is 3. The van der Waals surface area contributed by atoms with Gasteiger partial charge in [0, 0.05) is 6.20 Å². The highest BCUT2D eigenvalue weighted by molar-refractivity contribution is 5.92. The first kappa shape index (κ1) is 23.9. The monoisotopic (exact) mass is 460 g/mol. The molecule has 10 heteroatoms. The number of benzene rings is 1. The van der Waals surface area contributed by atoms with Gasteiger partial charge in [0.1, 0.15) is 17.4 Å². The second-order valence-corrected chi connectivity index (χ2v) is 7.65. The van der Waals surface area contributed by atoms with E-state index in [1.807, 2.05) is 25.1 Å². The lowest BCUT2D eigenvalue weighted by Gasteiger charge is -2.28. The number of nitriles is 1. The standard InChI is InChI=1S/C23H23F3N4O3/c1-5-32-22(31)19-14(4)33-21(28)17(10-27)20(19)16-9-12(2)8-15(13(16)3)11-30-7-6-18(29-30)23(24,25)26/h6-9,20H,5,11,28H2,1-4H3/t20-/m1/s1. The van der Waals surface area contributed by atoms with Crippen molar-refractivity contribution in [3.63, 3.8) is 0 Å². The van der Waals surface area contributed by atoms with E-state index < -0.39 is 23.8 Å². The van der Waals surface area contributed by atoms with Crippen LogP contribution >= 0.6 is 0 Å². The molecule has 1 aliphatic rings. The molecule has 0 saturated carbocycles. The molecule has 1 aromatic carbocycles. The van der Waals surface area contributed by atoms with Crippen molar-refractivity contribution in [2.24, 2.45) is 5.73 Å². The summed E-state index contributed by atoms with van der Waals surface area (Å²) < 4.78 is 50.7. The largest absolute Gasteiger partial charge is 0.463 e. The van der Waals surface area contributed by atoms with Crippen LogP contribution in [0, 0.1) is 25.2 Å². The zero-order valence-corrected chi connectivity index (χ0v) is 18.6. The Balaban J connectivity index is 2.13.